The first-order valence-electron chi connectivity index (χ1n) is 9.72. The molecule has 2 heterocycles. The molecule has 1 unspecified atom stereocenters. The maximum atomic E-state index is 13.5. The second-order valence-corrected chi connectivity index (χ2v) is 7.35. The lowest BCUT2D eigenvalue weighted by Gasteiger charge is -2.26. The molecule has 0 N–H and O–H groups in total. The zero-order chi connectivity index (χ0) is 21.0. The van der Waals surface area contributed by atoms with Crippen LogP contribution in [0.4, 0.5) is 5.69 Å². The maximum absolute atomic E-state index is 13.5. The number of anilines is 1. The molecule has 0 saturated carbocycles. The predicted octanol–water partition coefficient (Wildman–Crippen LogP) is 3.90. The summed E-state index contributed by atoms with van der Waals surface area (Å²) in [7, 11) is 0. The van der Waals surface area contributed by atoms with Crippen molar-refractivity contribution in [3.8, 4) is 0 Å². The molecule has 7 heteroatoms. The van der Waals surface area contributed by atoms with Crippen LogP contribution in [0.2, 0.25) is 5.02 Å². The number of carbonyl (C=O) groups excluding carboxylic acids is 2. The Morgan fingerprint density at radius 3 is 2.72 bits per heavy atom. The van der Waals surface area contributed by atoms with Crippen LogP contribution in [0.5, 0.6) is 0 Å². The van der Waals surface area contributed by atoms with Crippen LogP contribution in [0.15, 0.2) is 47.6 Å². The van der Waals surface area contributed by atoms with Gasteiger partial charge in [0, 0.05) is 16.8 Å². The predicted molar refractivity (Wildman–Crippen MR) is 114 cm³/mol. The molecular formula is C22H24ClN3O3. The van der Waals surface area contributed by atoms with Gasteiger partial charge in [0.05, 0.1) is 23.7 Å². The van der Waals surface area contributed by atoms with Gasteiger partial charge < -0.3 is 4.74 Å². The zero-order valence-corrected chi connectivity index (χ0v) is 17.5. The first kappa shape index (κ1) is 21.0. The molecule has 6 nitrogen and oxygen atoms in total. The number of benzene rings is 1. The van der Waals surface area contributed by atoms with Crippen LogP contribution in [-0.4, -0.2) is 41.8 Å². The van der Waals surface area contributed by atoms with E-state index in [9.17, 15) is 9.59 Å². The summed E-state index contributed by atoms with van der Waals surface area (Å²) in [4.78, 5) is 36.5. The van der Waals surface area contributed by atoms with Crippen LogP contribution in [-0.2, 0) is 14.3 Å². The highest BCUT2D eigenvalue weighted by Gasteiger charge is 2.36. The van der Waals surface area contributed by atoms with Crippen molar-refractivity contribution >= 4 is 34.9 Å². The van der Waals surface area contributed by atoms with Crippen molar-refractivity contribution < 1.29 is 14.3 Å². The summed E-state index contributed by atoms with van der Waals surface area (Å²) in [5, 5.41) is 0.512. The average molecular weight is 414 g/mol. The normalized spacial score (nSPS) is 17.2. The second kappa shape index (κ2) is 9.18. The van der Waals surface area contributed by atoms with Crippen LogP contribution in [0.1, 0.15) is 38.4 Å². The van der Waals surface area contributed by atoms with Gasteiger partial charge in [-0.15, -0.1) is 0 Å². The van der Waals surface area contributed by atoms with E-state index in [0.717, 1.165) is 6.42 Å². The van der Waals surface area contributed by atoms with Gasteiger partial charge >= 0.3 is 5.97 Å². The Bertz CT molecular complexity index is 930. The molecule has 1 amide bonds. The maximum Gasteiger partial charge on any atom is 0.326 e. The van der Waals surface area contributed by atoms with Gasteiger partial charge in [-0.1, -0.05) is 37.9 Å². The molecule has 0 saturated heterocycles. The number of amides is 1. The Labute approximate surface area is 175 Å². The van der Waals surface area contributed by atoms with Crippen molar-refractivity contribution in [1.82, 2.24) is 4.98 Å². The third-order valence-corrected chi connectivity index (χ3v) is 5.21. The number of ether oxygens (including phenoxy) is 1. The van der Waals surface area contributed by atoms with Crippen LogP contribution < -0.4 is 4.90 Å². The summed E-state index contributed by atoms with van der Waals surface area (Å²) in [5.74, 6) is -0.719. The largest absolute Gasteiger partial charge is 0.465 e. The van der Waals surface area contributed by atoms with Crippen molar-refractivity contribution in [2.24, 2.45) is 10.9 Å². The molecule has 1 aromatic heterocycles. The smallest absolute Gasteiger partial charge is 0.326 e. The van der Waals surface area contributed by atoms with E-state index in [2.05, 4.69) is 4.98 Å². The molecule has 0 bridgehead atoms. The number of aliphatic imine (C=N–C) groups is 1. The minimum Gasteiger partial charge on any atom is -0.465 e. The molecule has 152 valence electrons. The van der Waals surface area contributed by atoms with Gasteiger partial charge in [0.25, 0.3) is 5.91 Å². The Morgan fingerprint density at radius 2 is 2.07 bits per heavy atom. The lowest BCUT2D eigenvalue weighted by Crippen LogP contribution is -2.43. The standard InChI is InChI=1S/C22H24ClN3O3/c1-4-14(3)20-22(28)26(13-19(27)29-5-2)18-10-9-15(23)12-16(18)21(25-20)17-8-6-7-11-24-17/h6-12,14,20H,4-5,13H2,1-3H3/t14-,20?/m0/s1. The van der Waals surface area contributed by atoms with Crippen molar-refractivity contribution in [2.75, 3.05) is 18.1 Å². The molecule has 0 fully saturated rings. The fraction of sp³-hybridized carbons (Fsp3) is 0.364. The summed E-state index contributed by atoms with van der Waals surface area (Å²) >= 11 is 6.28. The number of hydrogen-bond donors (Lipinski definition) is 0. The first-order valence-corrected chi connectivity index (χ1v) is 10.1. The van der Waals surface area contributed by atoms with Crippen molar-refractivity contribution in [1.29, 1.82) is 0 Å². The summed E-state index contributed by atoms with van der Waals surface area (Å²) in [6.07, 6.45) is 2.45. The van der Waals surface area contributed by atoms with E-state index in [1.165, 1.54) is 4.90 Å². The summed E-state index contributed by atoms with van der Waals surface area (Å²) in [5.41, 5.74) is 2.48. The number of rotatable bonds is 6. The molecule has 0 spiro atoms. The number of benzodiazepines with no additional fused rings is 1. The minimum absolute atomic E-state index is 0.0179. The fourth-order valence-corrected chi connectivity index (χ4v) is 3.45. The van der Waals surface area contributed by atoms with Crippen LogP contribution in [0.3, 0.4) is 0 Å². The average Bonchev–Trinajstić information content (AvgIpc) is 2.83. The highest BCUT2D eigenvalue weighted by molar-refractivity contribution is 6.32. The van der Waals surface area contributed by atoms with Crippen molar-refractivity contribution in [3.05, 3.63) is 58.9 Å². The number of carbonyl (C=O) groups is 2. The van der Waals surface area contributed by atoms with Gasteiger partial charge in [-0.25, -0.2) is 0 Å². The molecule has 0 radical (unpaired) electrons. The lowest BCUT2D eigenvalue weighted by molar-refractivity contribution is -0.142. The molecule has 1 aromatic carbocycles. The molecular weight excluding hydrogens is 390 g/mol. The van der Waals surface area contributed by atoms with Gasteiger partial charge in [0.2, 0.25) is 0 Å². The second-order valence-electron chi connectivity index (χ2n) is 6.91. The Hall–Kier alpha value is -2.73. The number of halogens is 1. The monoisotopic (exact) mass is 413 g/mol. The molecule has 2 atom stereocenters. The third-order valence-electron chi connectivity index (χ3n) is 4.97. The summed E-state index contributed by atoms with van der Waals surface area (Å²) in [6.45, 7) is 5.80. The molecule has 1 aliphatic rings. The number of fused-ring (bicyclic) bond motifs is 1. The van der Waals surface area contributed by atoms with Crippen LogP contribution in [0.25, 0.3) is 0 Å². The lowest BCUT2D eigenvalue weighted by atomic mass is 9.98. The van der Waals surface area contributed by atoms with E-state index in [1.54, 1.807) is 31.3 Å². The number of nitrogens with zero attached hydrogens (tertiary/aromatic N) is 3. The molecule has 0 aliphatic carbocycles. The summed E-state index contributed by atoms with van der Waals surface area (Å²) < 4.78 is 5.10. The molecule has 29 heavy (non-hydrogen) atoms. The fourth-order valence-electron chi connectivity index (χ4n) is 3.28. The molecule has 1 aliphatic heterocycles. The van der Waals surface area contributed by atoms with E-state index >= 15 is 0 Å². The van der Waals surface area contributed by atoms with Gasteiger partial charge in [0.15, 0.2) is 0 Å². The van der Waals surface area contributed by atoms with Crippen molar-refractivity contribution in [2.45, 2.75) is 33.2 Å². The van der Waals surface area contributed by atoms with Gasteiger partial charge in [-0.2, -0.15) is 0 Å². The SMILES string of the molecule is CCOC(=O)CN1C(=O)C([C@@H](C)CC)N=C(c2ccccn2)c2cc(Cl)ccc21. The van der Waals surface area contributed by atoms with E-state index in [-0.39, 0.29) is 25.0 Å². The number of hydrogen-bond acceptors (Lipinski definition) is 5. The van der Waals surface area contributed by atoms with E-state index in [1.807, 2.05) is 32.0 Å². The van der Waals surface area contributed by atoms with Gasteiger partial charge in [-0.05, 0) is 43.2 Å². The molecule has 2 aromatic rings. The number of pyridine rings is 1. The Balaban J connectivity index is 2.21. The summed E-state index contributed by atoms with van der Waals surface area (Å²) in [6, 6.07) is 10.1. The quantitative estimate of drug-likeness (QED) is 0.673. The van der Waals surface area contributed by atoms with E-state index in [0.29, 0.717) is 27.7 Å². The third kappa shape index (κ3) is 4.48. The highest BCUT2D eigenvalue weighted by atomic mass is 35.5. The Morgan fingerprint density at radius 1 is 1.28 bits per heavy atom. The first-order chi connectivity index (χ1) is 14.0. The number of aromatic nitrogens is 1. The van der Waals surface area contributed by atoms with Crippen LogP contribution in [0, 0.1) is 5.92 Å². The van der Waals surface area contributed by atoms with Crippen LogP contribution >= 0.6 is 11.6 Å². The van der Waals surface area contributed by atoms with E-state index < -0.39 is 12.0 Å². The Kier molecular flexibility index (Phi) is 6.64. The topological polar surface area (TPSA) is 71.9 Å². The highest BCUT2D eigenvalue weighted by Crippen LogP contribution is 2.32. The van der Waals surface area contributed by atoms with Gasteiger partial charge in [0.1, 0.15) is 12.6 Å². The zero-order valence-electron chi connectivity index (χ0n) is 16.8. The minimum atomic E-state index is -0.641. The van der Waals surface area contributed by atoms with E-state index in [4.69, 9.17) is 21.3 Å². The van der Waals surface area contributed by atoms with Gasteiger partial charge in [-0.3, -0.25) is 24.5 Å². The number of esters is 1. The van der Waals surface area contributed by atoms with Crippen molar-refractivity contribution in [3.63, 3.8) is 0 Å². The molecule has 3 rings (SSSR count).